The summed E-state index contributed by atoms with van der Waals surface area (Å²) < 4.78 is 12.3. The molecule has 29 heavy (non-hydrogen) atoms. The van der Waals surface area contributed by atoms with Crippen LogP contribution >= 0.6 is 0 Å². The minimum absolute atomic E-state index is 0.0890. The molecule has 2 nitrogen and oxygen atoms in total. The summed E-state index contributed by atoms with van der Waals surface area (Å²) >= 11 is 0. The number of hydrogen-bond donors (Lipinski definition) is 0. The molecule has 0 spiro atoms. The molecule has 162 valence electrons. The van der Waals surface area contributed by atoms with E-state index in [1.807, 2.05) is 0 Å². The Kier molecular flexibility index (Phi) is 7.70. The molecule has 4 rings (SSSR count). The van der Waals surface area contributed by atoms with Gasteiger partial charge in [-0.3, -0.25) is 0 Å². The fourth-order valence-electron chi connectivity index (χ4n) is 6.14. The molecule has 0 bridgehead atoms. The highest BCUT2D eigenvalue weighted by atomic mass is 16.7. The number of aryl methyl sites for hydroxylation is 1. The lowest BCUT2D eigenvalue weighted by Crippen LogP contribution is -2.39. The van der Waals surface area contributed by atoms with Gasteiger partial charge in [-0.2, -0.15) is 0 Å². The molecule has 2 aliphatic carbocycles. The van der Waals surface area contributed by atoms with E-state index in [1.54, 1.807) is 5.56 Å². The van der Waals surface area contributed by atoms with E-state index in [0.29, 0.717) is 11.8 Å². The Morgan fingerprint density at radius 2 is 1.31 bits per heavy atom. The van der Waals surface area contributed by atoms with E-state index in [1.165, 1.54) is 76.2 Å². The summed E-state index contributed by atoms with van der Waals surface area (Å²) in [7, 11) is 0. The standard InChI is InChI=1S/C27H42O2/c1-3-4-5-21-18-28-27(29-19-21)26-16-14-25(15-17-26)24-12-10-23(11-13-24)22-8-6-20(2)7-9-22/h6-9,21,23-27H,3-5,10-19H2,1-2H3. The van der Waals surface area contributed by atoms with Gasteiger partial charge in [0.2, 0.25) is 0 Å². The van der Waals surface area contributed by atoms with Crippen LogP contribution < -0.4 is 0 Å². The zero-order valence-corrected chi connectivity index (χ0v) is 18.8. The average molecular weight is 399 g/mol. The lowest BCUT2D eigenvalue weighted by atomic mass is 9.68. The molecular formula is C27H42O2. The summed E-state index contributed by atoms with van der Waals surface area (Å²) in [5.74, 6) is 3.98. The van der Waals surface area contributed by atoms with Gasteiger partial charge in [0.15, 0.2) is 6.29 Å². The van der Waals surface area contributed by atoms with Crippen molar-refractivity contribution in [2.75, 3.05) is 13.2 Å². The van der Waals surface area contributed by atoms with Crippen LogP contribution in [-0.4, -0.2) is 19.5 Å². The predicted octanol–water partition coefficient (Wildman–Crippen LogP) is 7.25. The Balaban J connectivity index is 1.17. The number of unbranched alkanes of at least 4 members (excludes halogenated alkanes) is 1. The third-order valence-corrected chi connectivity index (χ3v) is 8.15. The second-order valence-corrected chi connectivity index (χ2v) is 10.2. The average Bonchev–Trinajstić information content (AvgIpc) is 2.79. The van der Waals surface area contributed by atoms with E-state index in [9.17, 15) is 0 Å². The molecule has 2 heteroatoms. The first-order valence-corrected chi connectivity index (χ1v) is 12.5. The number of rotatable bonds is 6. The van der Waals surface area contributed by atoms with Gasteiger partial charge >= 0.3 is 0 Å². The minimum Gasteiger partial charge on any atom is -0.352 e. The molecule has 0 N–H and O–H groups in total. The van der Waals surface area contributed by atoms with Crippen LogP contribution in [-0.2, 0) is 9.47 Å². The van der Waals surface area contributed by atoms with Gasteiger partial charge in [-0.1, -0.05) is 49.6 Å². The molecule has 0 unspecified atom stereocenters. The molecule has 3 aliphatic rings. The van der Waals surface area contributed by atoms with Gasteiger partial charge in [0.05, 0.1) is 13.2 Å². The third kappa shape index (κ3) is 5.64. The molecule has 0 amide bonds. The highest BCUT2D eigenvalue weighted by Crippen LogP contribution is 2.45. The molecule has 1 aromatic carbocycles. The van der Waals surface area contributed by atoms with Gasteiger partial charge in [0.25, 0.3) is 0 Å². The summed E-state index contributed by atoms with van der Waals surface area (Å²) in [6.07, 6.45) is 15.0. The van der Waals surface area contributed by atoms with E-state index in [4.69, 9.17) is 9.47 Å². The van der Waals surface area contributed by atoms with Crippen molar-refractivity contribution < 1.29 is 9.47 Å². The summed E-state index contributed by atoms with van der Waals surface area (Å²) in [4.78, 5) is 0. The van der Waals surface area contributed by atoms with Crippen LogP contribution in [0.1, 0.15) is 94.6 Å². The van der Waals surface area contributed by atoms with Crippen molar-refractivity contribution in [2.45, 2.75) is 96.7 Å². The maximum Gasteiger partial charge on any atom is 0.160 e. The first kappa shape index (κ1) is 21.4. The number of ether oxygens (including phenoxy) is 2. The second-order valence-electron chi connectivity index (χ2n) is 10.2. The Morgan fingerprint density at radius 3 is 1.90 bits per heavy atom. The lowest BCUT2D eigenvalue weighted by molar-refractivity contribution is -0.230. The molecule has 2 saturated carbocycles. The van der Waals surface area contributed by atoms with Crippen molar-refractivity contribution in [3.8, 4) is 0 Å². The SMILES string of the molecule is CCCCC1COC(C2CCC(C3CCC(c4ccc(C)cc4)CC3)CC2)OC1. The molecule has 0 radical (unpaired) electrons. The van der Waals surface area contributed by atoms with Crippen LogP contribution in [0.2, 0.25) is 0 Å². The van der Waals surface area contributed by atoms with Crippen molar-refractivity contribution >= 4 is 0 Å². The molecule has 1 aliphatic heterocycles. The number of benzene rings is 1. The highest BCUT2D eigenvalue weighted by Gasteiger charge is 2.35. The van der Waals surface area contributed by atoms with Crippen LogP contribution in [0, 0.1) is 30.6 Å². The van der Waals surface area contributed by atoms with Crippen LogP contribution in [0.4, 0.5) is 0 Å². The summed E-state index contributed by atoms with van der Waals surface area (Å²) in [6.45, 7) is 6.30. The second kappa shape index (κ2) is 10.4. The molecule has 0 aromatic heterocycles. The van der Waals surface area contributed by atoms with E-state index in [-0.39, 0.29) is 6.29 Å². The van der Waals surface area contributed by atoms with Crippen molar-refractivity contribution in [1.29, 1.82) is 0 Å². The Bertz CT molecular complexity index is 585. The van der Waals surface area contributed by atoms with Gasteiger partial charge in [0, 0.05) is 11.8 Å². The first-order valence-electron chi connectivity index (χ1n) is 12.5. The summed E-state index contributed by atoms with van der Waals surface area (Å²) in [5.41, 5.74) is 2.95. The van der Waals surface area contributed by atoms with E-state index >= 15 is 0 Å². The molecule has 1 heterocycles. The molecule has 1 aromatic rings. The Morgan fingerprint density at radius 1 is 0.759 bits per heavy atom. The molecule has 0 atom stereocenters. The fraction of sp³-hybridized carbons (Fsp3) is 0.778. The zero-order chi connectivity index (χ0) is 20.1. The number of hydrogen-bond acceptors (Lipinski definition) is 2. The van der Waals surface area contributed by atoms with Crippen LogP contribution in [0.15, 0.2) is 24.3 Å². The predicted molar refractivity (Wildman–Crippen MR) is 120 cm³/mol. The molecular weight excluding hydrogens is 356 g/mol. The van der Waals surface area contributed by atoms with Crippen LogP contribution in [0.5, 0.6) is 0 Å². The summed E-state index contributed by atoms with van der Waals surface area (Å²) in [5, 5.41) is 0. The van der Waals surface area contributed by atoms with Crippen molar-refractivity contribution in [1.82, 2.24) is 0 Å². The van der Waals surface area contributed by atoms with Crippen molar-refractivity contribution in [2.24, 2.45) is 23.7 Å². The molecule has 3 fully saturated rings. The monoisotopic (exact) mass is 398 g/mol. The minimum atomic E-state index is 0.0890. The Hall–Kier alpha value is -0.860. The van der Waals surface area contributed by atoms with E-state index in [2.05, 4.69) is 38.1 Å². The van der Waals surface area contributed by atoms with Crippen LogP contribution in [0.25, 0.3) is 0 Å². The smallest absolute Gasteiger partial charge is 0.160 e. The largest absolute Gasteiger partial charge is 0.352 e. The highest BCUT2D eigenvalue weighted by molar-refractivity contribution is 5.24. The lowest BCUT2D eigenvalue weighted by Gasteiger charge is -2.41. The Labute approximate surface area is 178 Å². The molecule has 1 saturated heterocycles. The zero-order valence-electron chi connectivity index (χ0n) is 18.8. The van der Waals surface area contributed by atoms with E-state index < -0.39 is 0 Å². The van der Waals surface area contributed by atoms with Gasteiger partial charge in [-0.05, 0) is 88.0 Å². The quantitative estimate of drug-likeness (QED) is 0.502. The maximum atomic E-state index is 6.16. The van der Waals surface area contributed by atoms with Crippen LogP contribution in [0.3, 0.4) is 0 Å². The maximum absolute atomic E-state index is 6.16. The third-order valence-electron chi connectivity index (χ3n) is 8.15. The van der Waals surface area contributed by atoms with Gasteiger partial charge < -0.3 is 9.47 Å². The summed E-state index contributed by atoms with van der Waals surface area (Å²) in [6, 6.07) is 9.29. The normalized spacial score (nSPS) is 36.1. The fourth-order valence-corrected chi connectivity index (χ4v) is 6.14. The van der Waals surface area contributed by atoms with E-state index in [0.717, 1.165) is 31.0 Å². The van der Waals surface area contributed by atoms with Crippen molar-refractivity contribution in [3.63, 3.8) is 0 Å². The first-order chi connectivity index (χ1) is 14.2. The van der Waals surface area contributed by atoms with Gasteiger partial charge in [0.1, 0.15) is 0 Å². The topological polar surface area (TPSA) is 18.5 Å². The van der Waals surface area contributed by atoms with Crippen molar-refractivity contribution in [3.05, 3.63) is 35.4 Å². The van der Waals surface area contributed by atoms with Gasteiger partial charge in [-0.25, -0.2) is 0 Å². The van der Waals surface area contributed by atoms with Gasteiger partial charge in [-0.15, -0.1) is 0 Å².